The molecule has 1 aliphatic heterocycles. The number of hydrogen-bond acceptors (Lipinski definition) is 4. The van der Waals surface area contributed by atoms with Crippen LogP contribution in [0.25, 0.3) is 0 Å². The third kappa shape index (κ3) is 4.77. The Bertz CT molecular complexity index is 802. The van der Waals surface area contributed by atoms with Gasteiger partial charge >= 0.3 is 0 Å². The van der Waals surface area contributed by atoms with E-state index in [2.05, 4.69) is 17.2 Å². The molecule has 1 aromatic carbocycles. The molecule has 1 atom stereocenters. The van der Waals surface area contributed by atoms with Crippen molar-refractivity contribution >= 4 is 11.6 Å². The standard InChI is InChI=1S/C23H30N4O/c1-4-5-11-16-27-21(19-14-9-10-15-24-19)17-20(26-27)22(28)25-23(2,3)18-12-7-6-8-13-18/h6-10,12-15,21H,4-5,11,16-17H2,1-3H3,(H,25,28). The maximum absolute atomic E-state index is 13.0. The zero-order valence-corrected chi connectivity index (χ0v) is 17.1. The van der Waals surface area contributed by atoms with Crippen molar-refractivity contribution in [2.45, 2.75) is 58.0 Å². The molecule has 0 radical (unpaired) electrons. The lowest BCUT2D eigenvalue weighted by Gasteiger charge is -2.26. The summed E-state index contributed by atoms with van der Waals surface area (Å²) >= 11 is 0. The third-order valence-electron chi connectivity index (χ3n) is 5.20. The summed E-state index contributed by atoms with van der Waals surface area (Å²) in [5.74, 6) is -0.104. The number of nitrogens with zero attached hydrogens (tertiary/aromatic N) is 3. The van der Waals surface area contributed by atoms with E-state index in [1.165, 1.54) is 0 Å². The van der Waals surface area contributed by atoms with Gasteiger partial charge in [0, 0.05) is 19.2 Å². The number of aromatic nitrogens is 1. The molecule has 28 heavy (non-hydrogen) atoms. The summed E-state index contributed by atoms with van der Waals surface area (Å²) < 4.78 is 0. The van der Waals surface area contributed by atoms with Crippen LogP contribution in [0.15, 0.2) is 59.8 Å². The quantitative estimate of drug-likeness (QED) is 0.692. The summed E-state index contributed by atoms with van der Waals surface area (Å²) in [6.45, 7) is 7.07. The summed E-state index contributed by atoms with van der Waals surface area (Å²) in [5.41, 5.74) is 2.16. The van der Waals surface area contributed by atoms with Crippen LogP contribution in [-0.2, 0) is 10.3 Å². The van der Waals surface area contributed by atoms with Gasteiger partial charge in [-0.3, -0.25) is 14.8 Å². The normalized spacial score (nSPS) is 16.8. The van der Waals surface area contributed by atoms with Gasteiger partial charge in [-0.15, -0.1) is 0 Å². The topological polar surface area (TPSA) is 57.6 Å². The van der Waals surface area contributed by atoms with Crippen molar-refractivity contribution in [3.63, 3.8) is 0 Å². The fourth-order valence-corrected chi connectivity index (χ4v) is 3.54. The number of amides is 1. The summed E-state index contributed by atoms with van der Waals surface area (Å²) in [5, 5.41) is 9.89. The van der Waals surface area contributed by atoms with E-state index in [9.17, 15) is 4.79 Å². The van der Waals surface area contributed by atoms with Crippen LogP contribution < -0.4 is 5.32 Å². The summed E-state index contributed by atoms with van der Waals surface area (Å²) in [4.78, 5) is 17.5. The number of carbonyl (C=O) groups excluding carboxylic acids is 1. The Balaban J connectivity index is 1.74. The van der Waals surface area contributed by atoms with Crippen LogP contribution >= 0.6 is 0 Å². The number of pyridine rings is 1. The van der Waals surface area contributed by atoms with E-state index in [1.54, 1.807) is 6.20 Å². The van der Waals surface area contributed by atoms with Crippen molar-refractivity contribution in [1.82, 2.24) is 15.3 Å². The lowest BCUT2D eigenvalue weighted by molar-refractivity contribution is -0.116. The van der Waals surface area contributed by atoms with Crippen molar-refractivity contribution in [3.8, 4) is 0 Å². The van der Waals surface area contributed by atoms with Gasteiger partial charge in [0.1, 0.15) is 5.71 Å². The van der Waals surface area contributed by atoms with Crippen molar-refractivity contribution < 1.29 is 4.79 Å². The summed E-state index contributed by atoms with van der Waals surface area (Å²) in [7, 11) is 0. The summed E-state index contributed by atoms with van der Waals surface area (Å²) in [6, 6.07) is 16.0. The van der Waals surface area contributed by atoms with Crippen molar-refractivity contribution in [2.75, 3.05) is 6.54 Å². The van der Waals surface area contributed by atoms with Gasteiger partial charge in [-0.1, -0.05) is 56.2 Å². The van der Waals surface area contributed by atoms with Crippen LogP contribution in [0.4, 0.5) is 0 Å². The number of hydrazone groups is 1. The van der Waals surface area contributed by atoms with E-state index >= 15 is 0 Å². The first kappa shape index (κ1) is 20.1. The van der Waals surface area contributed by atoms with E-state index < -0.39 is 5.54 Å². The van der Waals surface area contributed by atoms with Gasteiger partial charge in [0.2, 0.25) is 0 Å². The molecule has 0 aliphatic carbocycles. The molecule has 0 fully saturated rings. The number of nitrogens with one attached hydrogen (secondary N) is 1. The second kappa shape index (κ2) is 9.00. The number of carbonyl (C=O) groups is 1. The molecule has 148 valence electrons. The van der Waals surface area contributed by atoms with Gasteiger partial charge in [-0.2, -0.15) is 5.10 Å². The first-order valence-electron chi connectivity index (χ1n) is 10.1. The summed E-state index contributed by atoms with van der Waals surface area (Å²) in [6.07, 6.45) is 5.76. The lowest BCUT2D eigenvalue weighted by atomic mass is 9.94. The zero-order valence-electron chi connectivity index (χ0n) is 17.1. The first-order chi connectivity index (χ1) is 13.5. The highest BCUT2D eigenvalue weighted by Crippen LogP contribution is 2.30. The molecule has 3 rings (SSSR count). The van der Waals surface area contributed by atoms with E-state index in [-0.39, 0.29) is 11.9 Å². The molecule has 1 N–H and O–H groups in total. The maximum Gasteiger partial charge on any atom is 0.268 e. The molecule has 1 amide bonds. The molecule has 5 heteroatoms. The van der Waals surface area contributed by atoms with Gasteiger partial charge in [0.05, 0.1) is 17.3 Å². The van der Waals surface area contributed by atoms with Crippen LogP contribution in [0.1, 0.15) is 63.8 Å². The van der Waals surface area contributed by atoms with Crippen molar-refractivity contribution in [3.05, 3.63) is 66.0 Å². The number of rotatable bonds is 8. The van der Waals surface area contributed by atoms with Crippen LogP contribution in [0, 0.1) is 0 Å². The van der Waals surface area contributed by atoms with Crippen LogP contribution in [0.3, 0.4) is 0 Å². The van der Waals surface area contributed by atoms with E-state index in [1.807, 2.05) is 67.4 Å². The number of unbranched alkanes of at least 4 members (excludes halogenated alkanes) is 2. The molecular formula is C23H30N4O. The lowest BCUT2D eigenvalue weighted by Crippen LogP contribution is -2.44. The Kier molecular flexibility index (Phi) is 6.45. The predicted octanol–water partition coefficient (Wildman–Crippen LogP) is 4.43. The van der Waals surface area contributed by atoms with Crippen molar-refractivity contribution in [2.24, 2.45) is 5.10 Å². The monoisotopic (exact) mass is 378 g/mol. The molecular weight excluding hydrogens is 348 g/mol. The number of hydrogen-bond donors (Lipinski definition) is 1. The Morgan fingerprint density at radius 1 is 1.14 bits per heavy atom. The molecule has 0 saturated heterocycles. The highest BCUT2D eigenvalue weighted by atomic mass is 16.2. The highest BCUT2D eigenvalue weighted by molar-refractivity contribution is 6.39. The highest BCUT2D eigenvalue weighted by Gasteiger charge is 2.34. The maximum atomic E-state index is 13.0. The Hall–Kier alpha value is -2.69. The number of benzene rings is 1. The largest absolute Gasteiger partial charge is 0.342 e. The van der Waals surface area contributed by atoms with Crippen LogP contribution in [-0.4, -0.2) is 28.2 Å². The smallest absolute Gasteiger partial charge is 0.268 e. The molecule has 2 aromatic rings. The van der Waals surface area contributed by atoms with E-state index in [0.29, 0.717) is 12.1 Å². The van der Waals surface area contributed by atoms with E-state index in [0.717, 1.165) is 37.1 Å². The average Bonchev–Trinajstić information content (AvgIpc) is 3.14. The zero-order chi connectivity index (χ0) is 20.0. The molecule has 5 nitrogen and oxygen atoms in total. The Morgan fingerprint density at radius 2 is 1.89 bits per heavy atom. The van der Waals surface area contributed by atoms with Gasteiger partial charge in [0.15, 0.2) is 0 Å². The Labute approximate surface area is 167 Å². The van der Waals surface area contributed by atoms with Crippen LogP contribution in [0.2, 0.25) is 0 Å². The minimum absolute atomic E-state index is 0.0265. The van der Waals surface area contributed by atoms with Gasteiger partial charge in [-0.05, 0) is 38.0 Å². The molecule has 0 bridgehead atoms. The second-order valence-corrected chi connectivity index (χ2v) is 7.84. The third-order valence-corrected chi connectivity index (χ3v) is 5.20. The van der Waals surface area contributed by atoms with Gasteiger partial charge < -0.3 is 5.32 Å². The van der Waals surface area contributed by atoms with Gasteiger partial charge in [-0.25, -0.2) is 0 Å². The minimum Gasteiger partial charge on any atom is -0.342 e. The molecule has 2 heterocycles. The average molecular weight is 379 g/mol. The van der Waals surface area contributed by atoms with Crippen LogP contribution in [0.5, 0.6) is 0 Å². The minimum atomic E-state index is -0.461. The molecule has 1 unspecified atom stereocenters. The fourth-order valence-electron chi connectivity index (χ4n) is 3.54. The molecule has 0 spiro atoms. The second-order valence-electron chi connectivity index (χ2n) is 7.84. The SMILES string of the molecule is CCCCCN1N=C(C(=O)NC(C)(C)c2ccccc2)CC1c1ccccn1. The fraction of sp³-hybridized carbons (Fsp3) is 0.435. The Morgan fingerprint density at radius 3 is 2.57 bits per heavy atom. The molecule has 0 saturated carbocycles. The molecule has 1 aliphatic rings. The first-order valence-corrected chi connectivity index (χ1v) is 10.1. The van der Waals surface area contributed by atoms with E-state index in [4.69, 9.17) is 5.10 Å². The van der Waals surface area contributed by atoms with Crippen molar-refractivity contribution in [1.29, 1.82) is 0 Å². The predicted molar refractivity (Wildman–Crippen MR) is 113 cm³/mol. The van der Waals surface area contributed by atoms with Gasteiger partial charge in [0.25, 0.3) is 5.91 Å². The molecule has 1 aromatic heterocycles.